The van der Waals surface area contributed by atoms with Gasteiger partial charge in [-0.1, -0.05) is 6.07 Å². The Balaban J connectivity index is 1.88. The predicted molar refractivity (Wildman–Crippen MR) is 93.1 cm³/mol. The first kappa shape index (κ1) is 16.3. The molecule has 1 amide bonds. The number of carbonyl (C=O) groups is 1. The van der Waals surface area contributed by atoms with Crippen LogP contribution in [0.3, 0.4) is 0 Å². The Labute approximate surface area is 141 Å². The number of thiophene rings is 1. The Kier molecular flexibility index (Phi) is 4.19. The van der Waals surface area contributed by atoms with Crippen molar-refractivity contribution in [3.05, 3.63) is 56.7 Å². The molecule has 24 heavy (non-hydrogen) atoms. The van der Waals surface area contributed by atoms with E-state index < -0.39 is 11.7 Å². The Morgan fingerprint density at radius 2 is 2.08 bits per heavy atom. The number of rotatable bonds is 3. The van der Waals surface area contributed by atoms with Crippen LogP contribution in [0.2, 0.25) is 0 Å². The standard InChI is InChI=1S/C17H16FN3O2S/c1-9-4-5-12(18)6-13(9)20-14(22)7-21-8-19-16-15(17(21)23)10(2)11(3)24-16/h4-6,8H,7H2,1-3H3,(H,20,22). The fraction of sp³-hybridized carbons (Fsp3) is 0.235. The molecule has 1 aromatic carbocycles. The first-order valence-corrected chi connectivity index (χ1v) is 8.19. The van der Waals surface area contributed by atoms with E-state index in [0.717, 1.165) is 16.0 Å². The van der Waals surface area contributed by atoms with Crippen LogP contribution in [0.4, 0.5) is 10.1 Å². The zero-order valence-electron chi connectivity index (χ0n) is 13.5. The van der Waals surface area contributed by atoms with Crippen molar-refractivity contribution in [2.24, 2.45) is 0 Å². The Morgan fingerprint density at radius 1 is 1.33 bits per heavy atom. The zero-order valence-corrected chi connectivity index (χ0v) is 14.3. The number of nitrogens with zero attached hydrogens (tertiary/aromatic N) is 2. The summed E-state index contributed by atoms with van der Waals surface area (Å²) in [6.45, 7) is 5.40. The number of fused-ring (bicyclic) bond motifs is 1. The van der Waals surface area contributed by atoms with Crippen molar-refractivity contribution in [3.63, 3.8) is 0 Å². The van der Waals surface area contributed by atoms with Crippen molar-refractivity contribution in [3.8, 4) is 0 Å². The van der Waals surface area contributed by atoms with Crippen LogP contribution in [0, 0.1) is 26.6 Å². The summed E-state index contributed by atoms with van der Waals surface area (Å²) in [4.78, 5) is 30.7. The molecule has 7 heteroatoms. The molecular formula is C17H16FN3O2S. The fourth-order valence-corrected chi connectivity index (χ4v) is 3.44. The molecule has 124 valence electrons. The third-order valence-electron chi connectivity index (χ3n) is 3.94. The lowest BCUT2D eigenvalue weighted by Gasteiger charge is -2.09. The number of benzene rings is 1. The summed E-state index contributed by atoms with van der Waals surface area (Å²) in [6.07, 6.45) is 1.37. The summed E-state index contributed by atoms with van der Waals surface area (Å²) >= 11 is 1.46. The van der Waals surface area contributed by atoms with Gasteiger partial charge in [-0.15, -0.1) is 11.3 Å². The highest BCUT2D eigenvalue weighted by atomic mass is 32.1. The smallest absolute Gasteiger partial charge is 0.262 e. The van der Waals surface area contributed by atoms with Gasteiger partial charge in [0.2, 0.25) is 5.91 Å². The van der Waals surface area contributed by atoms with Crippen LogP contribution in [0.25, 0.3) is 10.2 Å². The molecule has 0 aliphatic carbocycles. The number of aryl methyl sites for hydroxylation is 3. The van der Waals surface area contributed by atoms with E-state index in [1.165, 1.54) is 34.4 Å². The molecular weight excluding hydrogens is 329 g/mol. The van der Waals surface area contributed by atoms with E-state index in [0.29, 0.717) is 15.9 Å². The first-order valence-electron chi connectivity index (χ1n) is 7.38. The van der Waals surface area contributed by atoms with E-state index in [-0.39, 0.29) is 12.1 Å². The lowest BCUT2D eigenvalue weighted by atomic mass is 10.2. The van der Waals surface area contributed by atoms with Gasteiger partial charge in [0, 0.05) is 10.6 Å². The van der Waals surface area contributed by atoms with Gasteiger partial charge in [-0.05, 0) is 44.0 Å². The molecule has 0 spiro atoms. The van der Waals surface area contributed by atoms with Gasteiger partial charge in [0.15, 0.2) is 0 Å². The second-order valence-electron chi connectivity index (χ2n) is 5.65. The lowest BCUT2D eigenvalue weighted by Crippen LogP contribution is -2.28. The molecule has 3 aromatic rings. The predicted octanol–water partition coefficient (Wildman–Crippen LogP) is 3.16. The Morgan fingerprint density at radius 3 is 2.83 bits per heavy atom. The summed E-state index contributed by atoms with van der Waals surface area (Å²) in [6, 6.07) is 4.17. The summed E-state index contributed by atoms with van der Waals surface area (Å²) in [5, 5.41) is 3.18. The lowest BCUT2D eigenvalue weighted by molar-refractivity contribution is -0.116. The molecule has 1 N–H and O–H groups in total. The SMILES string of the molecule is Cc1ccc(F)cc1NC(=O)Cn1cnc2sc(C)c(C)c2c1=O. The maximum absolute atomic E-state index is 13.3. The summed E-state index contributed by atoms with van der Waals surface area (Å²) in [5.74, 6) is -0.836. The summed E-state index contributed by atoms with van der Waals surface area (Å²) < 4.78 is 14.6. The molecule has 0 unspecified atom stereocenters. The molecule has 0 atom stereocenters. The normalized spacial score (nSPS) is 11.0. The molecule has 0 saturated carbocycles. The third-order valence-corrected chi connectivity index (χ3v) is 5.06. The van der Waals surface area contributed by atoms with Crippen LogP contribution in [0.15, 0.2) is 29.3 Å². The quantitative estimate of drug-likeness (QED) is 0.793. The molecule has 2 heterocycles. The largest absolute Gasteiger partial charge is 0.324 e. The number of halogens is 1. The van der Waals surface area contributed by atoms with Gasteiger partial charge in [0.1, 0.15) is 17.2 Å². The number of anilines is 1. The first-order chi connectivity index (χ1) is 11.4. The highest BCUT2D eigenvalue weighted by Crippen LogP contribution is 2.25. The molecule has 3 rings (SSSR count). The average Bonchev–Trinajstić information content (AvgIpc) is 2.81. The number of nitrogens with one attached hydrogen (secondary N) is 1. The van der Waals surface area contributed by atoms with E-state index in [4.69, 9.17) is 0 Å². The number of amides is 1. The van der Waals surface area contributed by atoms with Crippen molar-refractivity contribution in [2.75, 3.05) is 5.32 Å². The number of hydrogen-bond acceptors (Lipinski definition) is 4. The van der Waals surface area contributed by atoms with Gasteiger partial charge in [-0.2, -0.15) is 0 Å². The zero-order chi connectivity index (χ0) is 17.4. The van der Waals surface area contributed by atoms with Crippen LogP contribution in [-0.2, 0) is 11.3 Å². The molecule has 0 aliphatic rings. The highest BCUT2D eigenvalue weighted by Gasteiger charge is 2.14. The Hall–Kier alpha value is -2.54. The topological polar surface area (TPSA) is 64.0 Å². The van der Waals surface area contributed by atoms with Crippen molar-refractivity contribution >= 4 is 33.1 Å². The highest BCUT2D eigenvalue weighted by molar-refractivity contribution is 7.18. The minimum absolute atomic E-state index is 0.175. The average molecular weight is 345 g/mol. The molecule has 5 nitrogen and oxygen atoms in total. The number of hydrogen-bond donors (Lipinski definition) is 1. The van der Waals surface area contributed by atoms with Crippen molar-refractivity contribution in [1.29, 1.82) is 0 Å². The molecule has 0 saturated heterocycles. The molecule has 0 radical (unpaired) electrons. The van der Waals surface area contributed by atoms with E-state index in [1.54, 1.807) is 13.0 Å². The van der Waals surface area contributed by atoms with Crippen molar-refractivity contribution in [1.82, 2.24) is 9.55 Å². The van der Waals surface area contributed by atoms with E-state index in [9.17, 15) is 14.0 Å². The van der Waals surface area contributed by atoms with Crippen LogP contribution in [-0.4, -0.2) is 15.5 Å². The van der Waals surface area contributed by atoms with Gasteiger partial charge in [0.05, 0.1) is 11.7 Å². The van der Waals surface area contributed by atoms with Crippen LogP contribution in [0.5, 0.6) is 0 Å². The van der Waals surface area contributed by atoms with Gasteiger partial charge < -0.3 is 5.32 Å². The summed E-state index contributed by atoms with van der Waals surface area (Å²) in [5.41, 5.74) is 1.79. The van der Waals surface area contributed by atoms with Crippen LogP contribution < -0.4 is 10.9 Å². The van der Waals surface area contributed by atoms with Gasteiger partial charge >= 0.3 is 0 Å². The minimum atomic E-state index is -0.430. The van der Waals surface area contributed by atoms with Gasteiger partial charge in [-0.3, -0.25) is 14.2 Å². The van der Waals surface area contributed by atoms with Crippen LogP contribution in [0.1, 0.15) is 16.0 Å². The van der Waals surface area contributed by atoms with E-state index in [2.05, 4.69) is 10.3 Å². The molecule has 0 aliphatic heterocycles. The number of carbonyl (C=O) groups excluding carboxylic acids is 1. The third kappa shape index (κ3) is 2.94. The van der Waals surface area contributed by atoms with Gasteiger partial charge in [-0.25, -0.2) is 9.37 Å². The molecule has 0 fully saturated rings. The molecule has 2 aromatic heterocycles. The maximum Gasteiger partial charge on any atom is 0.262 e. The number of aromatic nitrogens is 2. The van der Waals surface area contributed by atoms with E-state index >= 15 is 0 Å². The minimum Gasteiger partial charge on any atom is -0.324 e. The molecule has 0 bridgehead atoms. The second-order valence-corrected chi connectivity index (χ2v) is 6.85. The monoisotopic (exact) mass is 345 g/mol. The van der Waals surface area contributed by atoms with E-state index in [1.807, 2.05) is 13.8 Å². The van der Waals surface area contributed by atoms with Crippen molar-refractivity contribution in [2.45, 2.75) is 27.3 Å². The van der Waals surface area contributed by atoms with Crippen molar-refractivity contribution < 1.29 is 9.18 Å². The van der Waals surface area contributed by atoms with Gasteiger partial charge in [0.25, 0.3) is 5.56 Å². The Bertz CT molecular complexity index is 1010. The fourth-order valence-electron chi connectivity index (χ4n) is 2.46. The maximum atomic E-state index is 13.3. The second kappa shape index (κ2) is 6.16. The summed E-state index contributed by atoms with van der Waals surface area (Å²) in [7, 11) is 0. The van der Waals surface area contributed by atoms with Crippen LogP contribution >= 0.6 is 11.3 Å².